The largest absolute Gasteiger partial charge is 0.312 e. The number of fused-ring (bicyclic) bond motifs is 1. The van der Waals surface area contributed by atoms with Crippen molar-refractivity contribution in [2.45, 2.75) is 6.54 Å². The fraction of sp³-hybridized carbons (Fsp3) is 0.0588. The van der Waals surface area contributed by atoms with Crippen LogP contribution in [0.1, 0.15) is 10.4 Å². The monoisotopic (exact) mass is 498 g/mol. The molecule has 0 aliphatic heterocycles. The number of hydrogen-bond donors (Lipinski definition) is 0. The quantitative estimate of drug-likeness (QED) is 0.369. The number of nitrogens with zero attached hydrogens (tertiary/aromatic N) is 2. The number of allylic oxidation sites excluding steroid dienone is 1. The summed E-state index contributed by atoms with van der Waals surface area (Å²) in [4.78, 5) is 17.6. The van der Waals surface area contributed by atoms with Crippen LogP contribution in [0.3, 0.4) is 0 Å². The van der Waals surface area contributed by atoms with E-state index in [0.717, 1.165) is 18.3 Å². The lowest BCUT2D eigenvalue weighted by molar-refractivity contribution is 0.0997. The summed E-state index contributed by atoms with van der Waals surface area (Å²) in [5.74, 6) is -0.224. The zero-order chi connectivity index (χ0) is 16.4. The van der Waals surface area contributed by atoms with E-state index in [1.54, 1.807) is 6.07 Å². The molecule has 0 fully saturated rings. The number of amides is 1. The van der Waals surface area contributed by atoms with Gasteiger partial charge in [0.2, 0.25) is 0 Å². The van der Waals surface area contributed by atoms with E-state index in [-0.39, 0.29) is 5.91 Å². The second kappa shape index (κ2) is 7.11. The van der Waals surface area contributed by atoms with E-state index in [1.807, 2.05) is 47.0 Å². The second-order valence-electron chi connectivity index (χ2n) is 4.79. The Kier molecular flexibility index (Phi) is 5.13. The highest BCUT2D eigenvalue weighted by molar-refractivity contribution is 14.1. The Balaban J connectivity index is 2.18. The van der Waals surface area contributed by atoms with Crippen LogP contribution in [-0.2, 0) is 6.54 Å². The molecule has 0 saturated heterocycles. The Hall–Kier alpha value is -1.25. The molecular weight excluding hydrogens is 487 g/mol. The molecule has 0 atom stereocenters. The van der Waals surface area contributed by atoms with Gasteiger partial charge in [0, 0.05) is 14.6 Å². The number of carbonyl (C=O) groups excluding carboxylic acids is 1. The maximum absolute atomic E-state index is 12.5. The summed E-state index contributed by atoms with van der Waals surface area (Å²) in [6.07, 6.45) is 1.81. The van der Waals surface area contributed by atoms with Crippen LogP contribution in [0, 0.1) is 3.57 Å². The average Bonchev–Trinajstić information content (AvgIpc) is 2.84. The number of halogens is 2. The molecule has 0 N–H and O–H groups in total. The van der Waals surface area contributed by atoms with Crippen molar-refractivity contribution in [3.05, 3.63) is 73.5 Å². The summed E-state index contributed by atoms with van der Waals surface area (Å²) < 4.78 is 4.99. The van der Waals surface area contributed by atoms with Crippen LogP contribution < -0.4 is 4.80 Å². The molecule has 0 unspecified atom stereocenters. The Morgan fingerprint density at radius 1 is 1.35 bits per heavy atom. The van der Waals surface area contributed by atoms with E-state index in [9.17, 15) is 4.79 Å². The Morgan fingerprint density at radius 2 is 2.13 bits per heavy atom. The first-order chi connectivity index (χ1) is 11.1. The fourth-order valence-corrected chi connectivity index (χ4v) is 4.43. The number of rotatable bonds is 3. The number of hydrogen-bond acceptors (Lipinski definition) is 2. The average molecular weight is 499 g/mol. The molecule has 2 aromatic carbocycles. The molecule has 6 heteroatoms. The number of thiazole rings is 1. The normalized spacial score (nSPS) is 11.8. The van der Waals surface area contributed by atoms with Gasteiger partial charge in [-0.3, -0.25) is 4.79 Å². The first-order valence-electron chi connectivity index (χ1n) is 6.83. The predicted molar refractivity (Wildman–Crippen MR) is 107 cm³/mol. The molecule has 0 radical (unpaired) electrons. The van der Waals surface area contributed by atoms with Crippen molar-refractivity contribution in [2.75, 3.05) is 0 Å². The van der Waals surface area contributed by atoms with E-state index in [0.29, 0.717) is 16.9 Å². The predicted octanol–water partition coefficient (Wildman–Crippen LogP) is 5.00. The van der Waals surface area contributed by atoms with Gasteiger partial charge in [-0.2, -0.15) is 4.99 Å². The summed E-state index contributed by atoms with van der Waals surface area (Å²) in [6, 6.07) is 13.5. The third-order valence-corrected chi connectivity index (χ3v) is 5.73. The molecule has 116 valence electrons. The molecule has 1 aromatic heterocycles. The molecule has 3 aromatic rings. The van der Waals surface area contributed by atoms with Gasteiger partial charge in [0.15, 0.2) is 4.80 Å². The van der Waals surface area contributed by atoms with Gasteiger partial charge in [-0.05, 0) is 52.9 Å². The van der Waals surface area contributed by atoms with Crippen LogP contribution in [0.2, 0.25) is 0 Å². The molecule has 0 saturated carbocycles. The van der Waals surface area contributed by atoms with Crippen molar-refractivity contribution < 1.29 is 4.79 Å². The van der Waals surface area contributed by atoms with Crippen molar-refractivity contribution in [3.8, 4) is 0 Å². The van der Waals surface area contributed by atoms with Gasteiger partial charge in [0.05, 0.1) is 15.8 Å². The zero-order valence-corrected chi connectivity index (χ0v) is 16.6. The highest BCUT2D eigenvalue weighted by atomic mass is 127. The molecule has 0 spiro atoms. The molecule has 3 rings (SSSR count). The lowest BCUT2D eigenvalue weighted by atomic mass is 10.2. The maximum Gasteiger partial charge on any atom is 0.280 e. The minimum atomic E-state index is -0.224. The SMILES string of the molecule is C=CCn1c(=NC(=O)c2ccccc2I)sc2cc(Br)ccc21. The molecule has 1 amide bonds. The topological polar surface area (TPSA) is 34.4 Å². The van der Waals surface area contributed by atoms with Gasteiger partial charge in [-0.15, -0.1) is 6.58 Å². The molecular formula is C17H12BrIN2OS. The summed E-state index contributed by atoms with van der Waals surface area (Å²) in [5, 5.41) is 0. The fourth-order valence-electron chi connectivity index (χ4n) is 2.22. The van der Waals surface area contributed by atoms with Gasteiger partial charge in [-0.1, -0.05) is 45.5 Å². The zero-order valence-electron chi connectivity index (χ0n) is 12.0. The molecule has 1 heterocycles. The number of benzene rings is 2. The molecule has 0 aliphatic carbocycles. The maximum atomic E-state index is 12.5. The van der Waals surface area contributed by atoms with Crippen molar-refractivity contribution in [1.29, 1.82) is 0 Å². The first-order valence-corrected chi connectivity index (χ1v) is 9.52. The minimum absolute atomic E-state index is 0.224. The van der Waals surface area contributed by atoms with Crippen molar-refractivity contribution >= 4 is 66.0 Å². The van der Waals surface area contributed by atoms with Crippen LogP contribution in [0.4, 0.5) is 0 Å². The van der Waals surface area contributed by atoms with Gasteiger partial charge in [0.1, 0.15) is 0 Å². The summed E-state index contributed by atoms with van der Waals surface area (Å²) in [6.45, 7) is 4.41. The number of carbonyl (C=O) groups is 1. The summed E-state index contributed by atoms with van der Waals surface area (Å²) >= 11 is 7.14. The Bertz CT molecular complexity index is 974. The van der Waals surface area contributed by atoms with Crippen LogP contribution in [0.25, 0.3) is 10.2 Å². The Labute approximate surface area is 159 Å². The third kappa shape index (κ3) is 3.49. The van der Waals surface area contributed by atoms with Crippen LogP contribution >= 0.6 is 49.9 Å². The highest BCUT2D eigenvalue weighted by Crippen LogP contribution is 2.22. The Morgan fingerprint density at radius 3 is 2.87 bits per heavy atom. The van der Waals surface area contributed by atoms with Crippen molar-refractivity contribution in [1.82, 2.24) is 4.57 Å². The molecule has 23 heavy (non-hydrogen) atoms. The van der Waals surface area contributed by atoms with Crippen molar-refractivity contribution in [2.24, 2.45) is 4.99 Å². The number of aromatic nitrogens is 1. The van der Waals surface area contributed by atoms with E-state index >= 15 is 0 Å². The molecule has 0 bridgehead atoms. The van der Waals surface area contributed by atoms with Crippen LogP contribution in [0.15, 0.2) is 64.6 Å². The lowest BCUT2D eigenvalue weighted by Crippen LogP contribution is -2.16. The van der Waals surface area contributed by atoms with E-state index in [2.05, 4.69) is 50.1 Å². The summed E-state index contributed by atoms with van der Waals surface area (Å²) in [7, 11) is 0. The van der Waals surface area contributed by atoms with Crippen LogP contribution in [-0.4, -0.2) is 10.5 Å². The summed E-state index contributed by atoms with van der Waals surface area (Å²) in [5.41, 5.74) is 1.67. The first kappa shape index (κ1) is 16.6. The third-order valence-electron chi connectivity index (χ3n) is 3.26. The molecule has 0 aliphatic rings. The smallest absolute Gasteiger partial charge is 0.280 e. The second-order valence-corrected chi connectivity index (χ2v) is 7.88. The highest BCUT2D eigenvalue weighted by Gasteiger charge is 2.11. The van der Waals surface area contributed by atoms with Crippen molar-refractivity contribution in [3.63, 3.8) is 0 Å². The van der Waals surface area contributed by atoms with Gasteiger partial charge >= 0.3 is 0 Å². The van der Waals surface area contributed by atoms with Gasteiger partial charge in [0.25, 0.3) is 5.91 Å². The van der Waals surface area contributed by atoms with Gasteiger partial charge in [-0.25, -0.2) is 0 Å². The van der Waals surface area contributed by atoms with Gasteiger partial charge < -0.3 is 4.57 Å². The minimum Gasteiger partial charge on any atom is -0.312 e. The van der Waals surface area contributed by atoms with Crippen LogP contribution in [0.5, 0.6) is 0 Å². The lowest BCUT2D eigenvalue weighted by Gasteiger charge is -2.01. The molecule has 3 nitrogen and oxygen atoms in total. The van der Waals surface area contributed by atoms with E-state index < -0.39 is 0 Å². The van der Waals surface area contributed by atoms with E-state index in [4.69, 9.17) is 0 Å². The van der Waals surface area contributed by atoms with E-state index in [1.165, 1.54) is 11.3 Å². The standard InChI is InChI=1S/C17H12BrIN2OS/c1-2-9-21-14-8-7-11(18)10-15(14)23-17(21)20-16(22)12-5-3-4-6-13(12)19/h2-8,10H,1,9H2.